The van der Waals surface area contributed by atoms with Gasteiger partial charge in [-0.2, -0.15) is 0 Å². The van der Waals surface area contributed by atoms with Crippen LogP contribution in [0.4, 0.5) is 0 Å². The normalized spacial score (nSPS) is 15.6. The van der Waals surface area contributed by atoms with Gasteiger partial charge in [-0.25, -0.2) is 0 Å². The molecular formula is C13H28N2O2Si. The van der Waals surface area contributed by atoms with Crippen molar-refractivity contribution in [3.63, 3.8) is 0 Å². The third kappa shape index (κ3) is 5.98. The topological polar surface area (TPSA) is 34.1 Å². The third-order valence-corrected chi connectivity index (χ3v) is 5.95. The molecule has 18 heavy (non-hydrogen) atoms. The first-order valence-electron chi connectivity index (χ1n) is 7.22. The van der Waals surface area contributed by atoms with E-state index in [4.69, 9.17) is 8.85 Å². The van der Waals surface area contributed by atoms with Crippen molar-refractivity contribution in [3.05, 3.63) is 0 Å². The molecule has 0 bridgehead atoms. The summed E-state index contributed by atoms with van der Waals surface area (Å²) in [6.07, 6.45) is 5.24. The van der Waals surface area contributed by atoms with Gasteiger partial charge in [0.1, 0.15) is 0 Å². The Balaban J connectivity index is 2.27. The van der Waals surface area contributed by atoms with Crippen molar-refractivity contribution in [1.82, 2.24) is 4.90 Å². The molecule has 1 aliphatic heterocycles. The molecule has 1 rings (SSSR count). The Morgan fingerprint density at radius 3 is 2.39 bits per heavy atom. The molecule has 0 unspecified atom stereocenters. The Morgan fingerprint density at radius 1 is 1.22 bits per heavy atom. The number of aliphatic imine (C=N–C) groups is 1. The van der Waals surface area contributed by atoms with Crippen LogP contribution >= 0.6 is 0 Å². The molecule has 0 saturated carbocycles. The standard InChI is InChI=1S/C13H28N2O2Si/c1-4-10-16-18(3,17-11-5-2)12-6-8-15-9-7-14-13-15/h13H,4-12H2,1-3H3. The molecular weight excluding hydrogens is 244 g/mol. The number of nitrogens with zero attached hydrogens (tertiary/aromatic N) is 2. The molecule has 0 aromatic rings. The van der Waals surface area contributed by atoms with Gasteiger partial charge in [0.15, 0.2) is 0 Å². The smallest absolute Gasteiger partial charge is 0.334 e. The van der Waals surface area contributed by atoms with E-state index in [-0.39, 0.29) is 0 Å². The summed E-state index contributed by atoms with van der Waals surface area (Å²) in [5, 5.41) is 0. The first-order chi connectivity index (χ1) is 8.70. The molecule has 0 amide bonds. The fourth-order valence-corrected chi connectivity index (χ4v) is 4.46. The van der Waals surface area contributed by atoms with E-state index in [0.717, 1.165) is 58.2 Å². The van der Waals surface area contributed by atoms with Crippen LogP contribution in [-0.4, -0.2) is 52.6 Å². The van der Waals surface area contributed by atoms with Gasteiger partial charge >= 0.3 is 8.56 Å². The van der Waals surface area contributed by atoms with Crippen LogP contribution in [0.5, 0.6) is 0 Å². The summed E-state index contributed by atoms with van der Waals surface area (Å²) in [7, 11) is -1.93. The molecule has 0 aromatic heterocycles. The Hall–Kier alpha value is -0.393. The van der Waals surface area contributed by atoms with E-state index < -0.39 is 8.56 Å². The SMILES string of the molecule is CCCO[Si](C)(CCCN1C=NCC1)OCCC. The zero-order valence-electron chi connectivity index (χ0n) is 12.2. The molecule has 106 valence electrons. The van der Waals surface area contributed by atoms with Gasteiger partial charge in [0.2, 0.25) is 0 Å². The van der Waals surface area contributed by atoms with Gasteiger partial charge in [0.05, 0.1) is 12.9 Å². The van der Waals surface area contributed by atoms with E-state index >= 15 is 0 Å². The highest BCUT2D eigenvalue weighted by atomic mass is 28.4. The largest absolute Gasteiger partial charge is 0.394 e. The van der Waals surface area contributed by atoms with Gasteiger partial charge < -0.3 is 13.8 Å². The van der Waals surface area contributed by atoms with Crippen molar-refractivity contribution in [3.8, 4) is 0 Å². The lowest BCUT2D eigenvalue weighted by atomic mass is 10.4. The summed E-state index contributed by atoms with van der Waals surface area (Å²) < 4.78 is 12.0. The molecule has 0 saturated heterocycles. The summed E-state index contributed by atoms with van der Waals surface area (Å²) in [5.41, 5.74) is 0. The van der Waals surface area contributed by atoms with Crippen LogP contribution in [0.1, 0.15) is 33.1 Å². The predicted octanol–water partition coefficient (Wildman–Crippen LogP) is 2.65. The Bertz CT molecular complexity index is 241. The van der Waals surface area contributed by atoms with Gasteiger partial charge in [-0.15, -0.1) is 0 Å². The second-order valence-corrected chi connectivity index (χ2v) is 8.34. The van der Waals surface area contributed by atoms with E-state index in [0.29, 0.717) is 0 Å². The quantitative estimate of drug-likeness (QED) is 0.573. The Morgan fingerprint density at radius 2 is 1.89 bits per heavy atom. The van der Waals surface area contributed by atoms with Crippen molar-refractivity contribution in [2.24, 2.45) is 4.99 Å². The zero-order valence-corrected chi connectivity index (χ0v) is 13.2. The highest BCUT2D eigenvalue weighted by Gasteiger charge is 2.30. The van der Waals surface area contributed by atoms with Crippen molar-refractivity contribution in [2.75, 3.05) is 32.8 Å². The molecule has 0 radical (unpaired) electrons. The number of hydrogen-bond donors (Lipinski definition) is 0. The molecule has 0 spiro atoms. The highest BCUT2D eigenvalue weighted by Crippen LogP contribution is 2.17. The second kappa shape index (κ2) is 8.66. The molecule has 1 aliphatic rings. The molecule has 5 heteroatoms. The second-order valence-electron chi connectivity index (χ2n) is 4.99. The molecule has 4 nitrogen and oxygen atoms in total. The molecule has 0 aliphatic carbocycles. The average molecular weight is 272 g/mol. The number of rotatable bonds is 10. The predicted molar refractivity (Wildman–Crippen MR) is 78.5 cm³/mol. The lowest BCUT2D eigenvalue weighted by molar-refractivity contribution is 0.172. The van der Waals surface area contributed by atoms with Crippen LogP contribution in [-0.2, 0) is 8.85 Å². The maximum atomic E-state index is 6.01. The Kier molecular flexibility index (Phi) is 7.54. The van der Waals surface area contributed by atoms with E-state index in [2.05, 4.69) is 30.3 Å². The fraction of sp³-hybridized carbons (Fsp3) is 0.923. The fourth-order valence-electron chi connectivity index (χ4n) is 2.01. The van der Waals surface area contributed by atoms with Crippen LogP contribution in [0, 0.1) is 0 Å². The van der Waals surface area contributed by atoms with Crippen molar-refractivity contribution in [2.45, 2.75) is 45.7 Å². The monoisotopic (exact) mass is 272 g/mol. The van der Waals surface area contributed by atoms with Gasteiger partial charge in [-0.05, 0) is 31.9 Å². The van der Waals surface area contributed by atoms with E-state index in [1.807, 2.05) is 6.34 Å². The first-order valence-corrected chi connectivity index (χ1v) is 9.74. The van der Waals surface area contributed by atoms with Crippen LogP contribution < -0.4 is 0 Å². The minimum atomic E-state index is -1.93. The molecule has 0 fully saturated rings. The Labute approximate surface area is 113 Å². The first kappa shape index (κ1) is 15.7. The van der Waals surface area contributed by atoms with Crippen molar-refractivity contribution in [1.29, 1.82) is 0 Å². The van der Waals surface area contributed by atoms with E-state index in [1.54, 1.807) is 0 Å². The summed E-state index contributed by atoms with van der Waals surface area (Å²) in [6.45, 7) is 11.3. The van der Waals surface area contributed by atoms with Crippen LogP contribution in [0.2, 0.25) is 12.6 Å². The van der Waals surface area contributed by atoms with Gasteiger partial charge in [0, 0.05) is 26.3 Å². The van der Waals surface area contributed by atoms with Gasteiger partial charge in [-0.3, -0.25) is 4.99 Å². The molecule has 0 atom stereocenters. The summed E-state index contributed by atoms with van der Waals surface area (Å²) in [5.74, 6) is 0. The summed E-state index contributed by atoms with van der Waals surface area (Å²) in [4.78, 5) is 6.51. The average Bonchev–Trinajstić information content (AvgIpc) is 2.87. The minimum absolute atomic E-state index is 0.831. The lowest BCUT2D eigenvalue weighted by Crippen LogP contribution is -2.40. The van der Waals surface area contributed by atoms with Crippen molar-refractivity contribution >= 4 is 14.9 Å². The van der Waals surface area contributed by atoms with E-state index in [1.165, 1.54) is 0 Å². The molecule has 0 N–H and O–H groups in total. The van der Waals surface area contributed by atoms with Gasteiger partial charge in [-0.1, -0.05) is 13.8 Å². The zero-order chi connectivity index (χ0) is 13.3. The number of hydrogen-bond acceptors (Lipinski definition) is 4. The highest BCUT2D eigenvalue weighted by molar-refractivity contribution is 6.66. The van der Waals surface area contributed by atoms with Crippen LogP contribution in [0.3, 0.4) is 0 Å². The van der Waals surface area contributed by atoms with Gasteiger partial charge in [0.25, 0.3) is 0 Å². The molecule has 0 aromatic carbocycles. The maximum absolute atomic E-state index is 6.01. The lowest BCUT2D eigenvalue weighted by Gasteiger charge is -2.27. The maximum Gasteiger partial charge on any atom is 0.334 e. The third-order valence-electron chi connectivity index (χ3n) is 3.06. The van der Waals surface area contributed by atoms with Crippen LogP contribution in [0.15, 0.2) is 4.99 Å². The summed E-state index contributed by atoms with van der Waals surface area (Å²) >= 11 is 0. The van der Waals surface area contributed by atoms with E-state index in [9.17, 15) is 0 Å². The van der Waals surface area contributed by atoms with Crippen molar-refractivity contribution < 1.29 is 8.85 Å². The van der Waals surface area contributed by atoms with Crippen LogP contribution in [0.25, 0.3) is 0 Å². The summed E-state index contributed by atoms with van der Waals surface area (Å²) in [6, 6.07) is 1.08. The minimum Gasteiger partial charge on any atom is -0.394 e. The molecule has 1 heterocycles.